The highest BCUT2D eigenvalue weighted by Gasteiger charge is 2.20. The standard InChI is InChI=1S/C11H12ClNO/c12-11(14)9-5-2-1-4-8(9)10-6-3-7-13-10/h1-2,4-5,10,13H,3,6-7H2. The molecule has 1 aliphatic heterocycles. The third-order valence-corrected chi connectivity index (χ3v) is 2.81. The molecule has 0 spiro atoms. The van der Waals surface area contributed by atoms with Crippen molar-refractivity contribution in [2.45, 2.75) is 18.9 Å². The van der Waals surface area contributed by atoms with Crippen LogP contribution in [0.25, 0.3) is 0 Å². The molecular formula is C11H12ClNO. The molecular weight excluding hydrogens is 198 g/mol. The molecule has 1 aromatic carbocycles. The smallest absolute Gasteiger partial charge is 0.252 e. The van der Waals surface area contributed by atoms with Crippen LogP contribution in [0.15, 0.2) is 24.3 Å². The number of hydrogen-bond acceptors (Lipinski definition) is 2. The number of carbonyl (C=O) groups excluding carboxylic acids is 1. The molecule has 1 saturated heterocycles. The van der Waals surface area contributed by atoms with Gasteiger partial charge in [0, 0.05) is 11.6 Å². The summed E-state index contributed by atoms with van der Waals surface area (Å²) >= 11 is 5.52. The molecule has 1 unspecified atom stereocenters. The van der Waals surface area contributed by atoms with Crippen molar-refractivity contribution in [3.05, 3.63) is 35.4 Å². The first-order valence-corrected chi connectivity index (χ1v) is 5.19. The SMILES string of the molecule is O=C(Cl)c1ccccc1C1CCCN1. The highest BCUT2D eigenvalue weighted by Crippen LogP contribution is 2.26. The lowest BCUT2D eigenvalue weighted by atomic mass is 10.00. The summed E-state index contributed by atoms with van der Waals surface area (Å²) in [5, 5.41) is 2.99. The third kappa shape index (κ3) is 1.81. The molecule has 1 aromatic rings. The van der Waals surface area contributed by atoms with Crippen LogP contribution in [0.3, 0.4) is 0 Å². The molecule has 74 valence electrons. The molecule has 1 N–H and O–H groups in total. The van der Waals surface area contributed by atoms with Crippen molar-refractivity contribution in [3.63, 3.8) is 0 Å². The molecule has 0 radical (unpaired) electrons. The number of benzene rings is 1. The molecule has 14 heavy (non-hydrogen) atoms. The lowest BCUT2D eigenvalue weighted by molar-refractivity contribution is 0.108. The van der Waals surface area contributed by atoms with Gasteiger partial charge >= 0.3 is 0 Å². The van der Waals surface area contributed by atoms with Crippen LogP contribution in [-0.2, 0) is 0 Å². The minimum atomic E-state index is -0.366. The number of rotatable bonds is 2. The van der Waals surface area contributed by atoms with Crippen LogP contribution in [-0.4, -0.2) is 11.8 Å². The Balaban J connectivity index is 2.35. The Morgan fingerprint density at radius 2 is 2.21 bits per heavy atom. The lowest BCUT2D eigenvalue weighted by Crippen LogP contribution is -2.15. The Hall–Kier alpha value is -0.860. The lowest BCUT2D eigenvalue weighted by Gasteiger charge is -2.13. The summed E-state index contributed by atoms with van der Waals surface area (Å²) in [5.74, 6) is 0. The Labute approximate surface area is 88.3 Å². The van der Waals surface area contributed by atoms with Crippen LogP contribution in [0.4, 0.5) is 0 Å². The highest BCUT2D eigenvalue weighted by molar-refractivity contribution is 6.67. The molecule has 2 rings (SSSR count). The zero-order valence-corrected chi connectivity index (χ0v) is 8.55. The van der Waals surface area contributed by atoms with Gasteiger partial charge in [0.1, 0.15) is 0 Å². The molecule has 1 fully saturated rings. The molecule has 0 amide bonds. The van der Waals surface area contributed by atoms with E-state index in [1.165, 1.54) is 0 Å². The Bertz CT molecular complexity index is 345. The fraction of sp³-hybridized carbons (Fsp3) is 0.364. The van der Waals surface area contributed by atoms with Gasteiger partial charge in [0.05, 0.1) is 0 Å². The summed E-state index contributed by atoms with van der Waals surface area (Å²) in [7, 11) is 0. The van der Waals surface area contributed by atoms with E-state index in [2.05, 4.69) is 5.32 Å². The second kappa shape index (κ2) is 4.11. The maximum Gasteiger partial charge on any atom is 0.252 e. The molecule has 0 aliphatic carbocycles. The van der Waals surface area contributed by atoms with Gasteiger partial charge in [0.15, 0.2) is 0 Å². The van der Waals surface area contributed by atoms with E-state index in [1.54, 1.807) is 6.07 Å². The van der Waals surface area contributed by atoms with Crippen molar-refractivity contribution in [1.29, 1.82) is 0 Å². The van der Waals surface area contributed by atoms with E-state index in [0.717, 1.165) is 24.9 Å². The average molecular weight is 210 g/mol. The van der Waals surface area contributed by atoms with Gasteiger partial charge in [-0.1, -0.05) is 18.2 Å². The van der Waals surface area contributed by atoms with Gasteiger partial charge < -0.3 is 5.32 Å². The molecule has 0 aromatic heterocycles. The topological polar surface area (TPSA) is 29.1 Å². The van der Waals surface area contributed by atoms with Crippen LogP contribution in [0.1, 0.15) is 34.8 Å². The zero-order chi connectivity index (χ0) is 9.97. The van der Waals surface area contributed by atoms with Crippen LogP contribution >= 0.6 is 11.6 Å². The zero-order valence-electron chi connectivity index (χ0n) is 7.79. The van der Waals surface area contributed by atoms with Gasteiger partial charge in [0.25, 0.3) is 5.24 Å². The molecule has 1 aliphatic rings. The molecule has 0 bridgehead atoms. The second-order valence-corrected chi connectivity index (χ2v) is 3.85. The van der Waals surface area contributed by atoms with E-state index in [0.29, 0.717) is 11.6 Å². The third-order valence-electron chi connectivity index (χ3n) is 2.61. The van der Waals surface area contributed by atoms with E-state index in [-0.39, 0.29) is 5.24 Å². The summed E-state index contributed by atoms with van der Waals surface area (Å²) in [6, 6.07) is 7.84. The van der Waals surface area contributed by atoms with Crippen molar-refractivity contribution in [1.82, 2.24) is 5.32 Å². The van der Waals surface area contributed by atoms with Gasteiger partial charge in [-0.15, -0.1) is 0 Å². The predicted octanol–water partition coefficient (Wildman–Crippen LogP) is 2.49. The normalized spacial score (nSPS) is 21.1. The largest absolute Gasteiger partial charge is 0.310 e. The van der Waals surface area contributed by atoms with Crippen LogP contribution in [0.5, 0.6) is 0 Å². The molecule has 1 atom stereocenters. The molecule has 0 saturated carbocycles. The summed E-state index contributed by atoms with van der Waals surface area (Å²) in [4.78, 5) is 11.2. The highest BCUT2D eigenvalue weighted by atomic mass is 35.5. The van der Waals surface area contributed by atoms with Crippen molar-refractivity contribution in [3.8, 4) is 0 Å². The Kier molecular flexibility index (Phi) is 2.85. The van der Waals surface area contributed by atoms with E-state index < -0.39 is 0 Å². The van der Waals surface area contributed by atoms with Crippen LogP contribution in [0.2, 0.25) is 0 Å². The average Bonchev–Trinajstić information content (AvgIpc) is 2.70. The molecule has 2 nitrogen and oxygen atoms in total. The van der Waals surface area contributed by atoms with Crippen molar-refractivity contribution in [2.24, 2.45) is 0 Å². The van der Waals surface area contributed by atoms with Crippen molar-refractivity contribution in [2.75, 3.05) is 6.54 Å². The fourth-order valence-electron chi connectivity index (χ4n) is 1.93. The summed E-state index contributed by atoms with van der Waals surface area (Å²) in [6.45, 7) is 1.02. The van der Waals surface area contributed by atoms with Crippen LogP contribution < -0.4 is 5.32 Å². The fourth-order valence-corrected chi connectivity index (χ4v) is 2.10. The molecule has 1 heterocycles. The van der Waals surface area contributed by atoms with Crippen molar-refractivity contribution < 1.29 is 4.79 Å². The summed E-state index contributed by atoms with van der Waals surface area (Å²) in [5.41, 5.74) is 1.67. The number of carbonyl (C=O) groups is 1. The van der Waals surface area contributed by atoms with E-state index in [1.807, 2.05) is 18.2 Å². The second-order valence-electron chi connectivity index (χ2n) is 3.51. The minimum absolute atomic E-state index is 0.300. The quantitative estimate of drug-likeness (QED) is 0.759. The maximum absolute atomic E-state index is 11.2. The Morgan fingerprint density at radius 1 is 1.43 bits per heavy atom. The van der Waals surface area contributed by atoms with Gasteiger partial charge in [-0.25, -0.2) is 0 Å². The van der Waals surface area contributed by atoms with Crippen LogP contribution in [0, 0.1) is 0 Å². The first-order chi connectivity index (χ1) is 6.79. The summed E-state index contributed by atoms with van der Waals surface area (Å²) in [6.07, 6.45) is 2.25. The van der Waals surface area contributed by atoms with Crippen molar-refractivity contribution >= 4 is 16.8 Å². The first-order valence-electron chi connectivity index (χ1n) is 4.81. The monoisotopic (exact) mass is 209 g/mol. The number of halogens is 1. The van der Waals surface area contributed by atoms with Gasteiger partial charge in [-0.2, -0.15) is 0 Å². The number of nitrogens with one attached hydrogen (secondary N) is 1. The van der Waals surface area contributed by atoms with E-state index in [4.69, 9.17) is 11.6 Å². The Morgan fingerprint density at radius 3 is 2.86 bits per heavy atom. The summed E-state index contributed by atoms with van der Waals surface area (Å²) < 4.78 is 0. The minimum Gasteiger partial charge on any atom is -0.310 e. The van der Waals surface area contributed by atoms with Gasteiger partial charge in [0.2, 0.25) is 0 Å². The molecule has 3 heteroatoms. The maximum atomic E-state index is 11.2. The first kappa shape index (κ1) is 9.69. The number of hydrogen-bond donors (Lipinski definition) is 1. The van der Waals surface area contributed by atoms with E-state index >= 15 is 0 Å². The van der Waals surface area contributed by atoms with Gasteiger partial charge in [-0.3, -0.25) is 4.79 Å². The van der Waals surface area contributed by atoms with Gasteiger partial charge in [-0.05, 0) is 42.6 Å². The van der Waals surface area contributed by atoms with E-state index in [9.17, 15) is 4.79 Å². The predicted molar refractivity (Wildman–Crippen MR) is 56.6 cm³/mol.